The molecule has 0 aromatic heterocycles. The molecule has 0 spiro atoms. The standard InChI is InChI=1S/C24H29ClF3NO6.C16H19Cl2NO3.C8H11F3O3/c1-14(2)16(13-20(31)24(26,27)28)21(32)34-15(3)35-22(33)29(4)23(12-8-7-11-19(23)30)17-9-5-6-10-18(17)25;1-11(17)22-15(21)19(2)16(10-6-5-9-14(16)20)12-7-3-4-8-13(12)18;1-4(2)5(7(13)14)3-6(12)8(9,10)11/h5-6,9-10,14-16H,7-8,11-13H2,1-4H3;3-4,7-8,11H,5-6,9-10H2,1-2H3;4-5H,3H2,1-2H3,(H,13,14)/t15?,16-,23-;11?,16-;5-/m000/s1. The van der Waals surface area contributed by atoms with E-state index in [1.165, 1.54) is 46.6 Å². The zero-order chi connectivity index (χ0) is 54.4. The summed E-state index contributed by atoms with van der Waals surface area (Å²) < 4.78 is 88.7. The number of benzene rings is 2. The van der Waals surface area contributed by atoms with E-state index in [9.17, 15) is 64.7 Å². The van der Waals surface area contributed by atoms with Crippen LogP contribution in [0.1, 0.15) is 117 Å². The smallest absolute Gasteiger partial charge is 0.449 e. The lowest BCUT2D eigenvalue weighted by molar-refractivity contribution is -0.181. The Labute approximate surface area is 422 Å². The number of carboxylic acids is 1. The van der Waals surface area contributed by atoms with E-state index in [0.29, 0.717) is 53.3 Å². The maximum atomic E-state index is 13.1. The molecule has 4 rings (SSSR count). The van der Waals surface area contributed by atoms with Crippen molar-refractivity contribution in [3.05, 3.63) is 69.7 Å². The third-order valence-electron chi connectivity index (χ3n) is 12.1. The molecule has 0 heterocycles. The normalized spacial score (nSPS) is 19.9. The van der Waals surface area contributed by atoms with Crippen molar-refractivity contribution in [2.24, 2.45) is 23.7 Å². The van der Waals surface area contributed by atoms with Gasteiger partial charge in [0.2, 0.25) is 17.9 Å². The Morgan fingerprint density at radius 1 is 0.620 bits per heavy atom. The molecule has 2 amide bonds. The second-order valence-corrected chi connectivity index (χ2v) is 19.1. The van der Waals surface area contributed by atoms with Crippen molar-refractivity contribution in [3.8, 4) is 0 Å². The van der Waals surface area contributed by atoms with E-state index in [0.717, 1.165) is 17.7 Å². The molecule has 71 heavy (non-hydrogen) atoms. The van der Waals surface area contributed by atoms with Gasteiger partial charge in [-0.3, -0.25) is 38.6 Å². The third kappa shape index (κ3) is 16.5. The first-order chi connectivity index (χ1) is 32.8. The SMILES string of the molecule is CC(C)[C@H](CC(=O)C(F)(F)F)C(=O)O.CC(Cl)OC(=O)N(C)[C@]1(c2ccccc2Cl)CCCCC1=O.CC(OC(=O)[C@@H](CC(=O)C(F)(F)F)C(C)C)OC(=O)N(C)[C@]1(c2ccccc2Cl)CCCCC1=O. The summed E-state index contributed by atoms with van der Waals surface area (Å²) in [5, 5.41) is 9.31. The second-order valence-electron chi connectivity index (χ2n) is 17.7. The molecule has 2 aromatic rings. The Kier molecular flexibility index (Phi) is 23.3. The number of esters is 1. The number of nitrogens with zero attached hydrogens (tertiary/aromatic N) is 2. The predicted octanol–water partition coefficient (Wildman–Crippen LogP) is 11.6. The van der Waals surface area contributed by atoms with Crippen molar-refractivity contribution in [3.63, 3.8) is 0 Å². The molecule has 1 N–H and O–H groups in total. The summed E-state index contributed by atoms with van der Waals surface area (Å²) in [6, 6.07) is 13.8. The number of carboxylic acid groups (broad SMARTS) is 1. The summed E-state index contributed by atoms with van der Waals surface area (Å²) in [6.45, 7) is 8.64. The van der Waals surface area contributed by atoms with Crippen LogP contribution in [0.5, 0.6) is 0 Å². The highest BCUT2D eigenvalue weighted by molar-refractivity contribution is 6.32. The number of carbonyl (C=O) groups excluding carboxylic acids is 7. The van der Waals surface area contributed by atoms with Crippen molar-refractivity contribution in [2.45, 2.75) is 141 Å². The molecule has 23 heteroatoms. The van der Waals surface area contributed by atoms with Gasteiger partial charge < -0.3 is 19.3 Å². The van der Waals surface area contributed by atoms with E-state index in [4.69, 9.17) is 54.1 Å². The molecular weight excluding hydrogens is 1020 g/mol. The van der Waals surface area contributed by atoms with Crippen molar-refractivity contribution >= 4 is 82.1 Å². The minimum atomic E-state index is -5.08. The van der Waals surface area contributed by atoms with Crippen molar-refractivity contribution in [2.75, 3.05) is 14.1 Å². The number of Topliss-reactive ketones (excluding diaryl/α,β-unsaturated/α-hetero) is 4. The Hall–Kier alpha value is -4.95. The molecule has 14 nitrogen and oxygen atoms in total. The van der Waals surface area contributed by atoms with Crippen molar-refractivity contribution in [1.82, 2.24) is 9.80 Å². The van der Waals surface area contributed by atoms with E-state index in [2.05, 4.69) is 0 Å². The first kappa shape index (κ1) is 62.2. The van der Waals surface area contributed by atoms with Gasteiger partial charge in [0, 0.05) is 67.9 Å². The molecule has 2 aromatic carbocycles. The summed E-state index contributed by atoms with van der Waals surface area (Å²) >= 11 is 18.4. The lowest BCUT2D eigenvalue weighted by Crippen LogP contribution is -2.55. The van der Waals surface area contributed by atoms with Gasteiger partial charge in [-0.15, -0.1) is 0 Å². The number of hydrogen-bond acceptors (Lipinski definition) is 11. The highest BCUT2D eigenvalue weighted by Crippen LogP contribution is 2.44. The molecule has 6 atom stereocenters. The molecule has 2 aliphatic rings. The highest BCUT2D eigenvalue weighted by atomic mass is 35.5. The van der Waals surface area contributed by atoms with Crippen LogP contribution < -0.4 is 0 Å². The number of ether oxygens (including phenoxy) is 3. The van der Waals surface area contributed by atoms with Crippen LogP contribution in [0, 0.1) is 23.7 Å². The number of amides is 2. The predicted molar refractivity (Wildman–Crippen MR) is 248 cm³/mol. The van der Waals surface area contributed by atoms with Gasteiger partial charge in [0.25, 0.3) is 0 Å². The average molecular weight is 1080 g/mol. The molecule has 2 unspecified atom stereocenters. The van der Waals surface area contributed by atoms with Crippen LogP contribution >= 0.6 is 34.8 Å². The largest absolute Gasteiger partial charge is 0.481 e. The lowest BCUT2D eigenvalue weighted by Gasteiger charge is -2.43. The van der Waals surface area contributed by atoms with Crippen LogP contribution in [0.15, 0.2) is 48.5 Å². The zero-order valence-electron chi connectivity index (χ0n) is 40.4. The summed E-state index contributed by atoms with van der Waals surface area (Å²) in [7, 11) is 2.94. The van der Waals surface area contributed by atoms with Gasteiger partial charge in [-0.1, -0.05) is 98.9 Å². The van der Waals surface area contributed by atoms with E-state index in [1.807, 2.05) is 6.07 Å². The Morgan fingerprint density at radius 2 is 0.986 bits per heavy atom. The topological polar surface area (TPSA) is 191 Å². The minimum absolute atomic E-state index is 0.0199. The Morgan fingerprint density at radius 3 is 1.31 bits per heavy atom. The summed E-state index contributed by atoms with van der Waals surface area (Å²) in [4.78, 5) is 98.5. The molecule has 396 valence electrons. The molecule has 0 saturated heterocycles. The maximum absolute atomic E-state index is 13.1. The zero-order valence-corrected chi connectivity index (χ0v) is 42.7. The van der Waals surface area contributed by atoms with Gasteiger partial charge in [-0.05, 0) is 69.4 Å². The molecule has 0 aliphatic heterocycles. The number of likely N-dealkylation sites (N-methyl/N-ethyl adjacent to an activating group) is 2. The number of carbonyl (C=O) groups is 8. The van der Waals surface area contributed by atoms with Crippen molar-refractivity contribution < 1.29 is 84.0 Å². The maximum Gasteiger partial charge on any atom is 0.449 e. The minimum Gasteiger partial charge on any atom is -0.481 e. The number of hydrogen-bond donors (Lipinski definition) is 1. The summed E-state index contributed by atoms with van der Waals surface area (Å²) in [5.74, 6) is -10.5. The number of alkyl halides is 7. The lowest BCUT2D eigenvalue weighted by atomic mass is 9.74. The quantitative estimate of drug-likeness (QED) is 0.0769. The number of halogens is 9. The molecular formula is C48H59Cl3F6N2O12. The molecule has 2 aliphatic carbocycles. The second kappa shape index (κ2) is 26.7. The number of rotatable bonds is 15. The van der Waals surface area contributed by atoms with Gasteiger partial charge in [-0.25, -0.2) is 9.59 Å². The Balaban J connectivity index is 0.000000407. The van der Waals surface area contributed by atoms with Crippen LogP contribution in [0.4, 0.5) is 35.9 Å². The molecule has 0 radical (unpaired) electrons. The van der Waals surface area contributed by atoms with Crippen LogP contribution in [0.3, 0.4) is 0 Å². The van der Waals surface area contributed by atoms with Crippen LogP contribution in [-0.4, -0.2) is 100 Å². The fraction of sp³-hybridized carbons (Fsp3) is 0.583. The van der Waals surface area contributed by atoms with E-state index < -0.39 is 107 Å². The third-order valence-corrected chi connectivity index (χ3v) is 12.9. The molecule has 2 saturated carbocycles. The van der Waals surface area contributed by atoms with E-state index in [-0.39, 0.29) is 18.0 Å². The van der Waals surface area contributed by atoms with Gasteiger partial charge in [0.1, 0.15) is 11.1 Å². The number of ketones is 4. The van der Waals surface area contributed by atoms with Crippen LogP contribution in [-0.2, 0) is 54.1 Å². The van der Waals surface area contributed by atoms with Gasteiger partial charge in [0.05, 0.1) is 11.8 Å². The van der Waals surface area contributed by atoms with Crippen LogP contribution in [0.25, 0.3) is 0 Å². The van der Waals surface area contributed by atoms with Gasteiger partial charge in [-0.2, -0.15) is 26.3 Å². The van der Waals surface area contributed by atoms with Gasteiger partial charge >= 0.3 is 36.5 Å². The van der Waals surface area contributed by atoms with Crippen LogP contribution in [0.2, 0.25) is 10.0 Å². The first-order valence-electron chi connectivity index (χ1n) is 22.5. The summed E-state index contributed by atoms with van der Waals surface area (Å²) in [6.07, 6.45) is -10.7. The highest BCUT2D eigenvalue weighted by Gasteiger charge is 2.51. The fourth-order valence-electron chi connectivity index (χ4n) is 8.12. The molecule has 2 fully saturated rings. The monoisotopic (exact) mass is 1070 g/mol. The van der Waals surface area contributed by atoms with E-state index >= 15 is 0 Å². The average Bonchev–Trinajstić information content (AvgIpc) is 3.26. The van der Waals surface area contributed by atoms with Gasteiger partial charge in [0.15, 0.2) is 17.1 Å². The van der Waals surface area contributed by atoms with Crippen molar-refractivity contribution in [1.29, 1.82) is 0 Å². The fourth-order valence-corrected chi connectivity index (χ4v) is 8.78. The van der Waals surface area contributed by atoms with E-state index in [1.54, 1.807) is 56.4 Å². The summed E-state index contributed by atoms with van der Waals surface area (Å²) in [5.41, 5.74) is -2.14. The number of aliphatic carboxylic acids is 1. The Bertz CT molecular complexity index is 2230. The first-order valence-corrected chi connectivity index (χ1v) is 23.7. The molecule has 0 bridgehead atoms.